The lowest BCUT2D eigenvalue weighted by atomic mass is 10.2. The normalized spacial score (nSPS) is 10.5. The Balaban J connectivity index is 1.96. The minimum atomic E-state index is -0.737. The molecular formula is C17H18N4O5. The number of hydrogen-bond acceptors (Lipinski definition) is 7. The van der Waals surface area contributed by atoms with Crippen LogP contribution in [0.4, 0.5) is 11.4 Å². The van der Waals surface area contributed by atoms with Gasteiger partial charge in [-0.3, -0.25) is 14.9 Å². The van der Waals surface area contributed by atoms with Crippen LogP contribution in [0.25, 0.3) is 0 Å². The second-order valence-corrected chi connectivity index (χ2v) is 5.36. The fraction of sp³-hybridized carbons (Fsp3) is 0.176. The molecule has 2 aromatic rings. The van der Waals surface area contributed by atoms with Gasteiger partial charge in [-0.25, -0.2) is 5.43 Å². The van der Waals surface area contributed by atoms with E-state index in [1.165, 1.54) is 19.4 Å². The minimum Gasteiger partial charge on any atom is -0.500 e. The van der Waals surface area contributed by atoms with Crippen LogP contribution in [0.2, 0.25) is 0 Å². The maximum atomic E-state index is 11.8. The molecule has 0 aromatic heterocycles. The molecule has 26 heavy (non-hydrogen) atoms. The van der Waals surface area contributed by atoms with E-state index in [0.29, 0.717) is 0 Å². The number of carbonyl (C=O) groups is 1. The second kappa shape index (κ2) is 8.47. The molecule has 2 aromatic carbocycles. The van der Waals surface area contributed by atoms with Crippen molar-refractivity contribution in [2.45, 2.75) is 6.92 Å². The zero-order valence-electron chi connectivity index (χ0n) is 14.2. The number of rotatable bonds is 7. The van der Waals surface area contributed by atoms with Gasteiger partial charge in [-0.05, 0) is 25.1 Å². The molecule has 0 aliphatic heterocycles. The Kier molecular flexibility index (Phi) is 6.10. The summed E-state index contributed by atoms with van der Waals surface area (Å²) in [4.78, 5) is 22.0. The van der Waals surface area contributed by atoms with E-state index in [2.05, 4.69) is 15.8 Å². The molecule has 0 spiro atoms. The zero-order valence-corrected chi connectivity index (χ0v) is 14.2. The van der Waals surface area contributed by atoms with Crippen LogP contribution in [0.1, 0.15) is 11.1 Å². The molecule has 0 atom stereocenters. The van der Waals surface area contributed by atoms with Gasteiger partial charge in [0.15, 0.2) is 5.75 Å². The van der Waals surface area contributed by atoms with Crippen LogP contribution < -0.4 is 15.5 Å². The third-order valence-corrected chi connectivity index (χ3v) is 3.40. The number of phenols is 1. The Labute approximate surface area is 149 Å². The van der Waals surface area contributed by atoms with Crippen molar-refractivity contribution in [2.75, 3.05) is 19.0 Å². The molecule has 0 saturated heterocycles. The average molecular weight is 358 g/mol. The highest BCUT2D eigenvalue weighted by molar-refractivity contribution is 5.86. The lowest BCUT2D eigenvalue weighted by Crippen LogP contribution is -2.25. The predicted molar refractivity (Wildman–Crippen MR) is 96.7 cm³/mol. The summed E-state index contributed by atoms with van der Waals surface area (Å²) >= 11 is 0. The Hall–Kier alpha value is -3.62. The topological polar surface area (TPSA) is 126 Å². The number of methoxy groups -OCH3 is 1. The first-order valence-electron chi connectivity index (χ1n) is 7.58. The number of aryl methyl sites for hydroxylation is 1. The summed E-state index contributed by atoms with van der Waals surface area (Å²) in [5.74, 6) is -1.02. The van der Waals surface area contributed by atoms with E-state index in [9.17, 15) is 20.0 Å². The average Bonchev–Trinajstić information content (AvgIpc) is 2.62. The lowest BCUT2D eigenvalue weighted by Gasteiger charge is -2.06. The van der Waals surface area contributed by atoms with Gasteiger partial charge < -0.3 is 15.2 Å². The van der Waals surface area contributed by atoms with Crippen molar-refractivity contribution in [1.29, 1.82) is 0 Å². The van der Waals surface area contributed by atoms with Gasteiger partial charge in [0.2, 0.25) is 5.75 Å². The molecule has 1 amide bonds. The smallest absolute Gasteiger partial charge is 0.315 e. The number of benzene rings is 2. The van der Waals surface area contributed by atoms with Crippen molar-refractivity contribution >= 4 is 23.5 Å². The van der Waals surface area contributed by atoms with Crippen LogP contribution in [-0.2, 0) is 4.79 Å². The number of hydrogen-bond donors (Lipinski definition) is 3. The summed E-state index contributed by atoms with van der Waals surface area (Å²) in [6, 6.07) is 10.0. The Morgan fingerprint density at radius 3 is 2.65 bits per heavy atom. The maximum Gasteiger partial charge on any atom is 0.315 e. The maximum absolute atomic E-state index is 11.8. The summed E-state index contributed by atoms with van der Waals surface area (Å²) in [6.07, 6.45) is 1.22. The molecule has 0 bridgehead atoms. The highest BCUT2D eigenvalue weighted by atomic mass is 16.6. The van der Waals surface area contributed by atoms with Crippen LogP contribution in [0.5, 0.6) is 11.5 Å². The van der Waals surface area contributed by atoms with Gasteiger partial charge in [0.1, 0.15) is 0 Å². The van der Waals surface area contributed by atoms with E-state index in [-0.39, 0.29) is 23.8 Å². The van der Waals surface area contributed by atoms with E-state index < -0.39 is 16.4 Å². The van der Waals surface area contributed by atoms with Crippen molar-refractivity contribution in [1.82, 2.24) is 5.43 Å². The monoisotopic (exact) mass is 358 g/mol. The minimum absolute atomic E-state index is 0.0133. The van der Waals surface area contributed by atoms with E-state index in [4.69, 9.17) is 4.74 Å². The van der Waals surface area contributed by atoms with Gasteiger partial charge >= 0.3 is 5.69 Å². The first-order chi connectivity index (χ1) is 12.4. The lowest BCUT2D eigenvalue weighted by molar-refractivity contribution is -0.386. The van der Waals surface area contributed by atoms with E-state index in [1.54, 1.807) is 0 Å². The molecule has 0 unspecified atom stereocenters. The second-order valence-electron chi connectivity index (χ2n) is 5.36. The van der Waals surface area contributed by atoms with Gasteiger partial charge in [0.05, 0.1) is 24.8 Å². The molecule has 0 aliphatic rings. The fourth-order valence-corrected chi connectivity index (χ4v) is 2.06. The number of carbonyl (C=O) groups excluding carboxylic acids is 1. The molecule has 0 heterocycles. The Morgan fingerprint density at radius 1 is 1.35 bits per heavy atom. The molecule has 0 aliphatic carbocycles. The molecular weight excluding hydrogens is 340 g/mol. The van der Waals surface area contributed by atoms with Crippen molar-refractivity contribution < 1.29 is 19.6 Å². The number of aromatic hydroxyl groups is 1. The quantitative estimate of drug-likeness (QED) is 0.396. The summed E-state index contributed by atoms with van der Waals surface area (Å²) in [7, 11) is 1.28. The molecule has 0 radical (unpaired) electrons. The van der Waals surface area contributed by atoms with Gasteiger partial charge in [-0.2, -0.15) is 5.10 Å². The molecule has 9 heteroatoms. The number of nitro groups is 1. The highest BCUT2D eigenvalue weighted by Gasteiger charge is 2.19. The summed E-state index contributed by atoms with van der Waals surface area (Å²) in [6.45, 7) is 1.98. The zero-order chi connectivity index (χ0) is 19.1. The summed E-state index contributed by atoms with van der Waals surface area (Å²) in [5, 5.41) is 27.3. The standard InChI is InChI=1S/C17H18N4O5/c1-11-3-5-13(6-4-11)18-10-16(22)20-19-9-12-7-14(21(24)25)17(23)15(8-12)26-2/h3-9,18,23H,10H2,1-2H3,(H,20,22)/b19-9+. The highest BCUT2D eigenvalue weighted by Crippen LogP contribution is 2.36. The van der Waals surface area contributed by atoms with E-state index >= 15 is 0 Å². The fourth-order valence-electron chi connectivity index (χ4n) is 2.06. The van der Waals surface area contributed by atoms with Crippen LogP contribution in [0.15, 0.2) is 41.5 Å². The summed E-state index contributed by atoms with van der Waals surface area (Å²) in [5.41, 5.74) is 4.00. The number of hydrazone groups is 1. The molecule has 0 fully saturated rings. The number of amides is 1. The van der Waals surface area contributed by atoms with Crippen molar-refractivity contribution in [3.8, 4) is 11.5 Å². The first kappa shape index (κ1) is 18.7. The molecule has 136 valence electrons. The molecule has 2 rings (SSSR count). The largest absolute Gasteiger partial charge is 0.500 e. The van der Waals surface area contributed by atoms with Gasteiger partial charge in [-0.15, -0.1) is 0 Å². The number of nitrogens with one attached hydrogen (secondary N) is 2. The van der Waals surface area contributed by atoms with Gasteiger partial charge in [-0.1, -0.05) is 17.7 Å². The Bertz CT molecular complexity index is 834. The van der Waals surface area contributed by atoms with E-state index in [0.717, 1.165) is 17.3 Å². The number of ether oxygens (including phenoxy) is 1. The number of phenolic OH excluding ortho intramolecular Hbond substituents is 1. The van der Waals surface area contributed by atoms with Crippen LogP contribution in [0.3, 0.4) is 0 Å². The predicted octanol–water partition coefficient (Wildman–Crippen LogP) is 2.18. The first-order valence-corrected chi connectivity index (χ1v) is 7.58. The van der Waals surface area contributed by atoms with E-state index in [1.807, 2.05) is 31.2 Å². The van der Waals surface area contributed by atoms with Crippen LogP contribution in [0, 0.1) is 17.0 Å². The van der Waals surface area contributed by atoms with Crippen molar-refractivity contribution in [2.24, 2.45) is 5.10 Å². The van der Waals surface area contributed by atoms with Crippen LogP contribution in [-0.4, -0.2) is 35.8 Å². The SMILES string of the molecule is COc1cc(/C=N/NC(=O)CNc2ccc(C)cc2)cc([N+](=O)[O-])c1O. The van der Waals surface area contributed by atoms with Gasteiger partial charge in [0, 0.05) is 17.3 Å². The molecule has 0 saturated carbocycles. The summed E-state index contributed by atoms with van der Waals surface area (Å²) < 4.78 is 4.89. The van der Waals surface area contributed by atoms with Crippen molar-refractivity contribution in [3.63, 3.8) is 0 Å². The number of nitro benzene ring substituents is 1. The number of anilines is 1. The molecule has 9 nitrogen and oxygen atoms in total. The van der Waals surface area contributed by atoms with Gasteiger partial charge in [0.25, 0.3) is 5.91 Å². The third kappa shape index (κ3) is 4.94. The number of nitrogens with zero attached hydrogens (tertiary/aromatic N) is 2. The Morgan fingerprint density at radius 2 is 2.04 bits per heavy atom. The molecule has 3 N–H and O–H groups in total. The third-order valence-electron chi connectivity index (χ3n) is 3.40. The van der Waals surface area contributed by atoms with Crippen molar-refractivity contribution in [3.05, 3.63) is 57.6 Å². The van der Waals surface area contributed by atoms with Crippen LogP contribution >= 0.6 is 0 Å².